The normalized spacial score (nSPS) is 25.5. The summed E-state index contributed by atoms with van der Waals surface area (Å²) in [4.78, 5) is 9.97. The first-order chi connectivity index (χ1) is 20.2. The third kappa shape index (κ3) is 4.88. The molecule has 4 atom stereocenters. The smallest absolute Gasteiger partial charge is 0.0728 e. The summed E-state index contributed by atoms with van der Waals surface area (Å²) in [6.45, 7) is 4.53. The Morgan fingerprint density at radius 3 is 2.24 bits per heavy atom. The molecule has 3 heteroatoms. The van der Waals surface area contributed by atoms with Gasteiger partial charge in [-0.3, -0.25) is 4.99 Å². The maximum absolute atomic E-state index is 4.65. The van der Waals surface area contributed by atoms with Crippen molar-refractivity contribution in [3.8, 4) is 0 Å². The minimum Gasteiger partial charge on any atom is -0.334 e. The van der Waals surface area contributed by atoms with Crippen molar-refractivity contribution < 1.29 is 0 Å². The summed E-state index contributed by atoms with van der Waals surface area (Å²) >= 11 is 0. The highest BCUT2D eigenvalue weighted by atomic mass is 15.3. The van der Waals surface area contributed by atoms with Crippen LogP contribution in [0, 0.1) is 5.92 Å². The molecule has 0 fully saturated rings. The molecular weight excluding hydrogens is 498 g/mol. The minimum absolute atomic E-state index is 0.272. The van der Waals surface area contributed by atoms with Crippen LogP contribution in [0.5, 0.6) is 0 Å². The molecule has 0 N–H and O–H groups in total. The summed E-state index contributed by atoms with van der Waals surface area (Å²) < 4.78 is 0. The zero-order chi connectivity index (χ0) is 27.8. The first kappa shape index (κ1) is 25.8. The number of para-hydroxylation sites is 3. The van der Waals surface area contributed by atoms with Crippen molar-refractivity contribution in [2.75, 3.05) is 9.80 Å². The number of rotatable bonds is 4. The summed E-state index contributed by atoms with van der Waals surface area (Å²) in [6, 6.07) is 30.3. The van der Waals surface area contributed by atoms with E-state index in [0.29, 0.717) is 18.0 Å². The number of anilines is 3. The van der Waals surface area contributed by atoms with Gasteiger partial charge in [-0.05, 0) is 91.5 Å². The Labute approximate surface area is 244 Å². The molecule has 2 aliphatic carbocycles. The van der Waals surface area contributed by atoms with Crippen LogP contribution in [0.4, 0.5) is 17.1 Å². The van der Waals surface area contributed by atoms with Crippen LogP contribution in [0.2, 0.25) is 0 Å². The molecule has 7 rings (SSSR count). The fourth-order valence-electron chi connectivity index (χ4n) is 7.04. The van der Waals surface area contributed by atoms with Gasteiger partial charge >= 0.3 is 0 Å². The molecule has 0 bridgehead atoms. The molecule has 3 aromatic carbocycles. The van der Waals surface area contributed by atoms with Crippen LogP contribution in [0.15, 0.2) is 120 Å². The van der Waals surface area contributed by atoms with E-state index in [1.807, 2.05) is 6.21 Å². The predicted octanol–water partition coefficient (Wildman–Crippen LogP) is 9.38. The Morgan fingerprint density at radius 1 is 0.756 bits per heavy atom. The van der Waals surface area contributed by atoms with Crippen molar-refractivity contribution in [2.24, 2.45) is 10.9 Å². The number of hydrogen-bond acceptors (Lipinski definition) is 3. The van der Waals surface area contributed by atoms with Gasteiger partial charge < -0.3 is 9.80 Å². The van der Waals surface area contributed by atoms with Crippen molar-refractivity contribution in [3.63, 3.8) is 0 Å². The Hall–Kier alpha value is -4.11. The van der Waals surface area contributed by atoms with Gasteiger partial charge in [-0.1, -0.05) is 91.9 Å². The van der Waals surface area contributed by atoms with Crippen LogP contribution in [0.25, 0.3) is 11.1 Å². The Balaban J connectivity index is 1.35. The second-order valence-electron chi connectivity index (χ2n) is 12.0. The third-order valence-corrected chi connectivity index (χ3v) is 9.10. The Bertz CT molecular complexity index is 1560. The van der Waals surface area contributed by atoms with E-state index in [4.69, 9.17) is 0 Å². The van der Waals surface area contributed by atoms with Gasteiger partial charge in [-0.25, -0.2) is 0 Å². The van der Waals surface area contributed by atoms with E-state index in [2.05, 4.69) is 138 Å². The number of dihydropyridines is 1. The molecule has 41 heavy (non-hydrogen) atoms. The van der Waals surface area contributed by atoms with Crippen LogP contribution in [0.1, 0.15) is 57.1 Å². The third-order valence-electron chi connectivity index (χ3n) is 9.10. The lowest BCUT2D eigenvalue weighted by molar-refractivity contribution is 0.440. The Morgan fingerprint density at radius 2 is 1.49 bits per heavy atom. The van der Waals surface area contributed by atoms with Gasteiger partial charge in [0.25, 0.3) is 0 Å². The Kier molecular flexibility index (Phi) is 6.96. The monoisotopic (exact) mass is 537 g/mol. The zero-order valence-electron chi connectivity index (χ0n) is 24.2. The van der Waals surface area contributed by atoms with E-state index < -0.39 is 0 Å². The van der Waals surface area contributed by atoms with Gasteiger partial charge in [0.05, 0.1) is 29.5 Å². The van der Waals surface area contributed by atoms with E-state index in [0.717, 1.165) is 32.1 Å². The quantitative estimate of drug-likeness (QED) is 0.309. The summed E-state index contributed by atoms with van der Waals surface area (Å²) in [5.41, 5.74) is 10.6. The van der Waals surface area contributed by atoms with Crippen molar-refractivity contribution in [1.29, 1.82) is 0 Å². The first-order valence-corrected chi connectivity index (χ1v) is 15.3. The molecule has 0 spiro atoms. The SMILES string of the molecule is CC1CC=C(c2ccc(C3=C(N4c5ccccc5N(c5ccccc5)[C@@H]5C[C@@H](C)C=CC54)CCC=CC3)cc2)C=N1. The molecule has 3 nitrogen and oxygen atoms in total. The van der Waals surface area contributed by atoms with Crippen LogP contribution in [-0.4, -0.2) is 24.3 Å². The average Bonchev–Trinajstić information content (AvgIpc) is 3.27. The summed E-state index contributed by atoms with van der Waals surface area (Å²) in [5, 5.41) is 0. The van der Waals surface area contributed by atoms with E-state index in [9.17, 15) is 0 Å². The zero-order valence-corrected chi connectivity index (χ0v) is 24.2. The van der Waals surface area contributed by atoms with E-state index in [-0.39, 0.29) is 6.04 Å². The number of hydrogen-bond donors (Lipinski definition) is 0. The summed E-state index contributed by atoms with van der Waals surface area (Å²) in [5.74, 6) is 0.548. The molecule has 3 aromatic rings. The van der Waals surface area contributed by atoms with Gasteiger partial charge in [0.15, 0.2) is 0 Å². The molecule has 0 aromatic heterocycles. The van der Waals surface area contributed by atoms with Crippen LogP contribution >= 0.6 is 0 Å². The minimum atomic E-state index is 0.272. The predicted molar refractivity (Wildman–Crippen MR) is 175 cm³/mol. The van der Waals surface area contributed by atoms with Gasteiger partial charge in [0.2, 0.25) is 0 Å². The molecule has 2 heterocycles. The largest absolute Gasteiger partial charge is 0.334 e. The molecule has 0 amide bonds. The molecule has 0 saturated heterocycles. The lowest BCUT2D eigenvalue weighted by Crippen LogP contribution is -2.55. The number of aliphatic imine (C=N–C) groups is 1. The summed E-state index contributed by atoms with van der Waals surface area (Å²) in [6.07, 6.45) is 19.2. The number of fused-ring (bicyclic) bond motifs is 2. The number of benzene rings is 3. The van der Waals surface area contributed by atoms with Gasteiger partial charge in [-0.15, -0.1) is 0 Å². The van der Waals surface area contributed by atoms with Gasteiger partial charge in [-0.2, -0.15) is 0 Å². The average molecular weight is 538 g/mol. The van der Waals surface area contributed by atoms with Crippen molar-refractivity contribution in [2.45, 2.75) is 64.1 Å². The van der Waals surface area contributed by atoms with Crippen LogP contribution in [0.3, 0.4) is 0 Å². The second-order valence-corrected chi connectivity index (χ2v) is 12.0. The highest BCUT2D eigenvalue weighted by Crippen LogP contribution is 2.49. The van der Waals surface area contributed by atoms with Gasteiger partial charge in [0, 0.05) is 17.6 Å². The van der Waals surface area contributed by atoms with E-state index >= 15 is 0 Å². The maximum atomic E-state index is 4.65. The first-order valence-electron chi connectivity index (χ1n) is 15.3. The van der Waals surface area contributed by atoms with Crippen molar-refractivity contribution in [3.05, 3.63) is 126 Å². The molecule has 4 aliphatic rings. The molecule has 0 radical (unpaired) electrons. The lowest BCUT2D eigenvalue weighted by atomic mass is 9.83. The fraction of sp³-hybridized carbons (Fsp3) is 0.289. The van der Waals surface area contributed by atoms with Crippen LogP contribution < -0.4 is 9.80 Å². The van der Waals surface area contributed by atoms with Crippen LogP contribution in [-0.2, 0) is 0 Å². The second kappa shape index (κ2) is 11.0. The molecule has 206 valence electrons. The number of allylic oxidation sites excluding steroid dienone is 6. The maximum Gasteiger partial charge on any atom is 0.0728 e. The molecule has 2 unspecified atom stereocenters. The summed E-state index contributed by atoms with van der Waals surface area (Å²) in [7, 11) is 0. The van der Waals surface area contributed by atoms with E-state index in [1.54, 1.807) is 0 Å². The lowest BCUT2D eigenvalue weighted by Gasteiger charge is -2.52. The van der Waals surface area contributed by atoms with E-state index in [1.165, 1.54) is 45.0 Å². The number of nitrogens with zero attached hydrogens (tertiary/aromatic N) is 3. The molecule has 0 saturated carbocycles. The molecular formula is C38H39N3. The highest BCUT2D eigenvalue weighted by molar-refractivity contribution is 6.10. The standard InChI is InChI=1S/C38H39N3/c1-27-17-24-37-38(25-27)40(32-11-5-3-6-12-32)35-15-9-10-16-36(35)41(37)34-14-8-4-7-13-33(34)30-22-20-29(21-23-30)31-19-18-28(2)39-26-31/h3-7,9-12,15-17,19-24,26-28,37-38H,8,13-14,18,25H2,1-2H3/t27-,28?,37?,38+/m0/s1. The fourth-order valence-corrected chi connectivity index (χ4v) is 7.04. The molecule has 2 aliphatic heterocycles. The van der Waals surface area contributed by atoms with Gasteiger partial charge in [0.1, 0.15) is 0 Å². The van der Waals surface area contributed by atoms with Crippen molar-refractivity contribution in [1.82, 2.24) is 0 Å². The topological polar surface area (TPSA) is 18.8 Å². The highest BCUT2D eigenvalue weighted by Gasteiger charge is 2.42. The van der Waals surface area contributed by atoms with Crippen molar-refractivity contribution >= 4 is 34.4 Å².